The van der Waals surface area contributed by atoms with E-state index in [1.165, 1.54) is 29.2 Å². The quantitative estimate of drug-likeness (QED) is 0.832. The zero-order valence-electron chi connectivity index (χ0n) is 12.4. The Balaban J connectivity index is 2.57. The molecule has 0 aliphatic rings. The average Bonchev–Trinajstić information content (AvgIpc) is 2.44. The molecule has 0 heterocycles. The Bertz CT molecular complexity index is 480. The summed E-state index contributed by atoms with van der Waals surface area (Å²) in [6.45, 7) is 0.276. The Kier molecular flexibility index (Phi) is 7.02. The van der Waals surface area contributed by atoms with Gasteiger partial charge in [0.25, 0.3) is 0 Å². The van der Waals surface area contributed by atoms with Crippen molar-refractivity contribution in [1.29, 1.82) is 0 Å². The lowest BCUT2D eigenvalue weighted by Crippen LogP contribution is -2.41. The van der Waals surface area contributed by atoms with Crippen molar-refractivity contribution in [3.05, 3.63) is 29.8 Å². The van der Waals surface area contributed by atoms with Crippen LogP contribution in [-0.4, -0.2) is 42.3 Å². The van der Waals surface area contributed by atoms with Gasteiger partial charge >= 0.3 is 6.36 Å². The molecule has 0 spiro atoms. The Morgan fingerprint density at radius 2 is 1.95 bits per heavy atom. The maximum absolute atomic E-state index is 12.1. The molecular weight excluding hydrogens is 317 g/mol. The SMILES string of the molecule is CSCC[C@H](N)C(=O)N(C)Cc1ccc(OC(F)(F)F)cc1. The molecular formula is C14H19F3N2O2S. The van der Waals surface area contributed by atoms with Gasteiger partial charge in [0.15, 0.2) is 0 Å². The Labute approximate surface area is 131 Å². The predicted octanol–water partition coefficient (Wildman–Crippen LogP) is 2.62. The Morgan fingerprint density at radius 3 is 2.45 bits per heavy atom. The lowest BCUT2D eigenvalue weighted by molar-refractivity contribution is -0.274. The van der Waals surface area contributed by atoms with Gasteiger partial charge in [-0.05, 0) is 36.1 Å². The monoisotopic (exact) mass is 336 g/mol. The molecule has 0 saturated carbocycles. The standard InChI is InChI=1S/C14H19F3N2O2S/c1-19(13(20)12(18)7-8-22-2)9-10-3-5-11(6-4-10)21-14(15,16)17/h3-6,12H,7-9,18H2,1-2H3/t12-/m0/s1. The highest BCUT2D eigenvalue weighted by molar-refractivity contribution is 7.98. The van der Waals surface area contributed by atoms with Gasteiger partial charge in [-0.1, -0.05) is 12.1 Å². The molecule has 1 rings (SSSR count). The van der Waals surface area contributed by atoms with Gasteiger partial charge in [0.1, 0.15) is 5.75 Å². The highest BCUT2D eigenvalue weighted by atomic mass is 32.2. The number of hydrogen-bond acceptors (Lipinski definition) is 4. The molecule has 0 fully saturated rings. The van der Waals surface area contributed by atoms with Gasteiger partial charge in [-0.15, -0.1) is 13.2 Å². The highest BCUT2D eigenvalue weighted by Crippen LogP contribution is 2.23. The number of hydrogen-bond donors (Lipinski definition) is 1. The largest absolute Gasteiger partial charge is 0.573 e. The van der Waals surface area contributed by atoms with Crippen LogP contribution in [0.1, 0.15) is 12.0 Å². The van der Waals surface area contributed by atoms with Gasteiger partial charge in [0.2, 0.25) is 5.91 Å². The second-order valence-electron chi connectivity index (χ2n) is 4.77. The molecule has 0 radical (unpaired) electrons. The predicted molar refractivity (Wildman–Crippen MR) is 80.6 cm³/mol. The molecule has 1 aromatic carbocycles. The van der Waals surface area contributed by atoms with Gasteiger partial charge in [0, 0.05) is 13.6 Å². The third-order valence-corrected chi connectivity index (χ3v) is 3.55. The first-order chi connectivity index (χ1) is 10.2. The van der Waals surface area contributed by atoms with E-state index in [1.807, 2.05) is 6.26 Å². The summed E-state index contributed by atoms with van der Waals surface area (Å²) in [5.74, 6) is 0.316. The maximum atomic E-state index is 12.1. The van der Waals surface area contributed by atoms with Gasteiger partial charge in [-0.3, -0.25) is 4.79 Å². The van der Waals surface area contributed by atoms with Crippen molar-refractivity contribution in [1.82, 2.24) is 4.90 Å². The number of amides is 1. The summed E-state index contributed by atoms with van der Waals surface area (Å²) in [5, 5.41) is 0. The molecule has 0 aromatic heterocycles. The molecule has 0 unspecified atom stereocenters. The summed E-state index contributed by atoms with van der Waals surface area (Å²) < 4.78 is 40.0. The summed E-state index contributed by atoms with van der Waals surface area (Å²) in [6, 6.07) is 4.84. The molecule has 4 nitrogen and oxygen atoms in total. The van der Waals surface area contributed by atoms with Crippen molar-refractivity contribution in [2.24, 2.45) is 5.73 Å². The van der Waals surface area contributed by atoms with Crippen molar-refractivity contribution < 1.29 is 22.7 Å². The molecule has 0 bridgehead atoms. The molecule has 0 aliphatic carbocycles. The van der Waals surface area contributed by atoms with Crippen LogP contribution in [0, 0.1) is 0 Å². The summed E-state index contributed by atoms with van der Waals surface area (Å²) >= 11 is 1.61. The average molecular weight is 336 g/mol. The second-order valence-corrected chi connectivity index (χ2v) is 5.76. The molecule has 0 aliphatic heterocycles. The number of thioether (sulfide) groups is 1. The smallest absolute Gasteiger partial charge is 0.406 e. The molecule has 1 amide bonds. The van der Waals surface area contributed by atoms with E-state index in [2.05, 4.69) is 4.74 Å². The molecule has 1 atom stereocenters. The minimum Gasteiger partial charge on any atom is -0.406 e. The number of nitrogens with two attached hydrogens (primary N) is 1. The molecule has 1 aromatic rings. The molecule has 22 heavy (non-hydrogen) atoms. The summed E-state index contributed by atoms with van der Waals surface area (Å²) in [6.07, 6.45) is -2.19. The van der Waals surface area contributed by atoms with Crippen LogP contribution in [-0.2, 0) is 11.3 Å². The van der Waals surface area contributed by atoms with Crippen molar-refractivity contribution in [2.75, 3.05) is 19.1 Å². The normalized spacial score (nSPS) is 12.8. The number of likely N-dealkylation sites (N-methyl/N-ethyl adjacent to an activating group) is 1. The highest BCUT2D eigenvalue weighted by Gasteiger charge is 2.31. The third-order valence-electron chi connectivity index (χ3n) is 2.90. The number of benzene rings is 1. The zero-order chi connectivity index (χ0) is 16.8. The van der Waals surface area contributed by atoms with E-state index in [1.54, 1.807) is 18.8 Å². The van der Waals surface area contributed by atoms with Crippen LogP contribution >= 0.6 is 11.8 Å². The van der Waals surface area contributed by atoms with E-state index in [4.69, 9.17) is 5.73 Å². The lowest BCUT2D eigenvalue weighted by Gasteiger charge is -2.21. The van der Waals surface area contributed by atoms with Crippen molar-refractivity contribution >= 4 is 17.7 Å². The molecule has 8 heteroatoms. The fourth-order valence-electron chi connectivity index (χ4n) is 1.80. The van der Waals surface area contributed by atoms with Crippen LogP contribution in [0.25, 0.3) is 0 Å². The van der Waals surface area contributed by atoms with Crippen LogP contribution in [0.15, 0.2) is 24.3 Å². The Morgan fingerprint density at radius 1 is 1.36 bits per heavy atom. The van der Waals surface area contributed by atoms with E-state index < -0.39 is 12.4 Å². The number of alkyl halides is 3. The van der Waals surface area contributed by atoms with E-state index in [0.29, 0.717) is 12.0 Å². The van der Waals surface area contributed by atoms with Crippen LogP contribution in [0.5, 0.6) is 5.75 Å². The number of halogens is 3. The minimum atomic E-state index is -4.71. The summed E-state index contributed by atoms with van der Waals surface area (Å²) in [4.78, 5) is 13.5. The number of carbonyl (C=O) groups excluding carboxylic acids is 1. The van der Waals surface area contributed by atoms with E-state index in [0.717, 1.165) is 5.75 Å². The molecule has 124 valence electrons. The zero-order valence-corrected chi connectivity index (χ0v) is 13.2. The van der Waals surface area contributed by atoms with Crippen molar-refractivity contribution in [3.8, 4) is 5.75 Å². The van der Waals surface area contributed by atoms with E-state index >= 15 is 0 Å². The topological polar surface area (TPSA) is 55.6 Å². The van der Waals surface area contributed by atoms with E-state index in [9.17, 15) is 18.0 Å². The first-order valence-corrected chi connectivity index (χ1v) is 7.96. The molecule has 2 N–H and O–H groups in total. The molecule has 0 saturated heterocycles. The van der Waals surface area contributed by atoms with Crippen LogP contribution < -0.4 is 10.5 Å². The minimum absolute atomic E-state index is 0.190. The lowest BCUT2D eigenvalue weighted by atomic mass is 10.1. The number of nitrogens with zero attached hydrogens (tertiary/aromatic N) is 1. The third kappa shape index (κ3) is 6.57. The number of carbonyl (C=O) groups is 1. The van der Waals surface area contributed by atoms with Crippen molar-refractivity contribution in [3.63, 3.8) is 0 Å². The van der Waals surface area contributed by atoms with Gasteiger partial charge in [-0.2, -0.15) is 11.8 Å². The number of rotatable bonds is 7. The Hall–Kier alpha value is -1.41. The van der Waals surface area contributed by atoms with Crippen LogP contribution in [0.4, 0.5) is 13.2 Å². The maximum Gasteiger partial charge on any atom is 0.573 e. The fourth-order valence-corrected chi connectivity index (χ4v) is 2.29. The fraction of sp³-hybridized carbons (Fsp3) is 0.500. The first-order valence-electron chi connectivity index (χ1n) is 6.57. The van der Waals surface area contributed by atoms with Crippen molar-refractivity contribution in [2.45, 2.75) is 25.4 Å². The van der Waals surface area contributed by atoms with Gasteiger partial charge < -0.3 is 15.4 Å². The van der Waals surface area contributed by atoms with E-state index in [-0.39, 0.29) is 18.2 Å². The summed E-state index contributed by atoms with van der Waals surface area (Å²) in [5.41, 5.74) is 6.50. The summed E-state index contributed by atoms with van der Waals surface area (Å²) in [7, 11) is 1.61. The van der Waals surface area contributed by atoms with Crippen LogP contribution in [0.3, 0.4) is 0 Å². The van der Waals surface area contributed by atoms with Gasteiger partial charge in [0.05, 0.1) is 6.04 Å². The number of ether oxygens (including phenoxy) is 1. The van der Waals surface area contributed by atoms with Gasteiger partial charge in [-0.25, -0.2) is 0 Å². The first kappa shape index (κ1) is 18.6. The van der Waals surface area contributed by atoms with Crippen LogP contribution in [0.2, 0.25) is 0 Å². The second kappa shape index (κ2) is 8.28.